The van der Waals surface area contributed by atoms with Crippen LogP contribution in [0.1, 0.15) is 55.8 Å². The highest BCUT2D eigenvalue weighted by Crippen LogP contribution is 2.31. The van der Waals surface area contributed by atoms with Gasteiger partial charge in [-0.3, -0.25) is 0 Å². The molecule has 1 aromatic rings. The van der Waals surface area contributed by atoms with Gasteiger partial charge in [0.25, 0.3) is 0 Å². The number of aryl methyl sites for hydroxylation is 2. The van der Waals surface area contributed by atoms with Crippen LogP contribution in [0.5, 0.6) is 5.88 Å². The van der Waals surface area contributed by atoms with Crippen molar-refractivity contribution in [2.45, 2.75) is 58.0 Å². The van der Waals surface area contributed by atoms with Gasteiger partial charge >= 0.3 is 0 Å². The molecule has 0 spiro atoms. The zero-order valence-electron chi connectivity index (χ0n) is 12.5. The molecule has 21 heavy (non-hydrogen) atoms. The van der Waals surface area contributed by atoms with Crippen LogP contribution in [-0.4, -0.2) is 22.1 Å². The van der Waals surface area contributed by atoms with Crippen LogP contribution in [0.2, 0.25) is 0 Å². The number of hydrogen-bond donors (Lipinski definition) is 2. The first kappa shape index (κ1) is 14.2. The van der Waals surface area contributed by atoms with Gasteiger partial charge in [0.2, 0.25) is 5.88 Å². The Balaban J connectivity index is 1.92. The third-order valence-electron chi connectivity index (χ3n) is 4.70. The van der Waals surface area contributed by atoms with E-state index in [0.29, 0.717) is 17.4 Å². The summed E-state index contributed by atoms with van der Waals surface area (Å²) in [5.41, 5.74) is 8.73. The molecule has 5 heteroatoms. The Bertz CT molecular complexity index is 557. The highest BCUT2D eigenvalue weighted by molar-refractivity contribution is 5.99. The van der Waals surface area contributed by atoms with Crippen molar-refractivity contribution >= 4 is 5.84 Å². The monoisotopic (exact) mass is 289 g/mol. The summed E-state index contributed by atoms with van der Waals surface area (Å²) in [6.07, 6.45) is 7.99. The van der Waals surface area contributed by atoms with Crippen LogP contribution in [0, 0.1) is 5.92 Å². The Morgan fingerprint density at radius 2 is 2.14 bits per heavy atom. The van der Waals surface area contributed by atoms with Crippen LogP contribution in [0.3, 0.4) is 0 Å². The van der Waals surface area contributed by atoms with Gasteiger partial charge in [0.15, 0.2) is 5.84 Å². The number of ether oxygens (including phenoxy) is 1. The second-order valence-electron chi connectivity index (χ2n) is 6.20. The van der Waals surface area contributed by atoms with E-state index in [4.69, 9.17) is 15.7 Å². The number of oxime groups is 1. The number of fused-ring (bicyclic) bond motifs is 1. The van der Waals surface area contributed by atoms with Gasteiger partial charge in [0.05, 0.1) is 5.56 Å². The molecule has 2 atom stereocenters. The van der Waals surface area contributed by atoms with E-state index in [2.05, 4.69) is 17.1 Å². The minimum Gasteiger partial charge on any atom is -0.474 e. The van der Waals surface area contributed by atoms with Crippen LogP contribution in [-0.2, 0) is 12.8 Å². The number of rotatable bonds is 3. The third-order valence-corrected chi connectivity index (χ3v) is 4.70. The molecule has 0 bridgehead atoms. The van der Waals surface area contributed by atoms with Gasteiger partial charge in [-0.2, -0.15) is 0 Å². The standard InChI is InChI=1S/C16H23N3O2/c1-10-5-2-3-8-14(10)21-16-12(15(17)19-20)9-11-6-4-7-13(11)18-16/h9-10,14,20H,2-8H2,1H3,(H2,17,19). The van der Waals surface area contributed by atoms with Gasteiger partial charge in [-0.15, -0.1) is 0 Å². The van der Waals surface area contributed by atoms with E-state index in [9.17, 15) is 0 Å². The molecule has 1 heterocycles. The Morgan fingerprint density at radius 1 is 1.33 bits per heavy atom. The SMILES string of the molecule is CC1CCCCC1Oc1nc2c(cc1C(N)=NO)CCC2. The first-order valence-corrected chi connectivity index (χ1v) is 7.86. The number of nitrogens with zero attached hydrogens (tertiary/aromatic N) is 2. The lowest BCUT2D eigenvalue weighted by Crippen LogP contribution is -2.30. The van der Waals surface area contributed by atoms with E-state index in [-0.39, 0.29) is 11.9 Å². The van der Waals surface area contributed by atoms with Crippen LogP contribution < -0.4 is 10.5 Å². The summed E-state index contributed by atoms with van der Waals surface area (Å²) in [5.74, 6) is 1.13. The fourth-order valence-corrected chi connectivity index (χ4v) is 3.38. The molecule has 0 saturated heterocycles. The molecular formula is C16H23N3O2. The van der Waals surface area contributed by atoms with Gasteiger partial charge in [-0.25, -0.2) is 4.98 Å². The largest absolute Gasteiger partial charge is 0.474 e. The maximum absolute atomic E-state index is 9.00. The molecule has 2 aliphatic rings. The first-order valence-electron chi connectivity index (χ1n) is 7.86. The number of nitrogens with two attached hydrogens (primary N) is 1. The van der Waals surface area contributed by atoms with Gasteiger partial charge in [-0.1, -0.05) is 18.5 Å². The molecular weight excluding hydrogens is 266 g/mol. The fourth-order valence-electron chi connectivity index (χ4n) is 3.38. The quantitative estimate of drug-likeness (QED) is 0.388. The highest BCUT2D eigenvalue weighted by atomic mass is 16.5. The molecule has 114 valence electrons. The maximum atomic E-state index is 9.00. The summed E-state index contributed by atoms with van der Waals surface area (Å²) in [4.78, 5) is 4.66. The van der Waals surface area contributed by atoms with Crippen molar-refractivity contribution in [2.75, 3.05) is 0 Å². The number of hydrogen-bond acceptors (Lipinski definition) is 4. The highest BCUT2D eigenvalue weighted by Gasteiger charge is 2.26. The third kappa shape index (κ3) is 2.82. The Kier molecular flexibility index (Phi) is 3.99. The smallest absolute Gasteiger partial charge is 0.225 e. The van der Waals surface area contributed by atoms with E-state index < -0.39 is 0 Å². The van der Waals surface area contributed by atoms with Crippen molar-refractivity contribution < 1.29 is 9.94 Å². The van der Waals surface area contributed by atoms with Crippen molar-refractivity contribution in [3.63, 3.8) is 0 Å². The van der Waals surface area contributed by atoms with E-state index in [0.717, 1.165) is 31.4 Å². The van der Waals surface area contributed by atoms with Gasteiger partial charge in [0, 0.05) is 5.69 Å². The molecule has 1 saturated carbocycles. The van der Waals surface area contributed by atoms with Crippen molar-refractivity contribution in [2.24, 2.45) is 16.8 Å². The van der Waals surface area contributed by atoms with Gasteiger partial charge in [0.1, 0.15) is 6.10 Å². The molecule has 2 aliphatic carbocycles. The molecule has 0 aliphatic heterocycles. The normalized spacial score (nSPS) is 25.7. The average molecular weight is 289 g/mol. The van der Waals surface area contributed by atoms with E-state index in [1.54, 1.807) is 0 Å². The molecule has 3 N–H and O–H groups in total. The van der Waals surface area contributed by atoms with Crippen LogP contribution in [0.15, 0.2) is 11.2 Å². The van der Waals surface area contributed by atoms with Crippen molar-refractivity contribution in [1.82, 2.24) is 4.98 Å². The van der Waals surface area contributed by atoms with Crippen molar-refractivity contribution in [1.29, 1.82) is 0 Å². The lowest BCUT2D eigenvalue weighted by molar-refractivity contribution is 0.0971. The summed E-state index contributed by atoms with van der Waals surface area (Å²) in [5, 5.41) is 12.1. The lowest BCUT2D eigenvalue weighted by atomic mass is 9.88. The fraction of sp³-hybridized carbons (Fsp3) is 0.625. The van der Waals surface area contributed by atoms with Gasteiger partial charge < -0.3 is 15.7 Å². The number of aromatic nitrogens is 1. The minimum absolute atomic E-state index is 0.0793. The summed E-state index contributed by atoms with van der Waals surface area (Å²) in [6.45, 7) is 2.22. The Morgan fingerprint density at radius 3 is 2.90 bits per heavy atom. The summed E-state index contributed by atoms with van der Waals surface area (Å²) in [7, 11) is 0. The predicted octanol–water partition coefficient (Wildman–Crippen LogP) is 2.62. The first-order chi connectivity index (χ1) is 10.2. The Hall–Kier alpha value is -1.78. The summed E-state index contributed by atoms with van der Waals surface area (Å²) in [6, 6.07) is 1.98. The van der Waals surface area contributed by atoms with Crippen molar-refractivity contribution in [3.05, 3.63) is 22.9 Å². The molecule has 5 nitrogen and oxygen atoms in total. The zero-order chi connectivity index (χ0) is 14.8. The minimum atomic E-state index is 0.0793. The van der Waals surface area contributed by atoms with E-state index in [1.165, 1.54) is 24.8 Å². The molecule has 0 radical (unpaired) electrons. The maximum Gasteiger partial charge on any atom is 0.225 e. The van der Waals surface area contributed by atoms with E-state index in [1.807, 2.05) is 6.07 Å². The summed E-state index contributed by atoms with van der Waals surface area (Å²) < 4.78 is 6.16. The zero-order valence-corrected chi connectivity index (χ0v) is 12.5. The van der Waals surface area contributed by atoms with Crippen LogP contribution >= 0.6 is 0 Å². The second kappa shape index (κ2) is 5.92. The molecule has 2 unspecified atom stereocenters. The molecule has 3 rings (SSSR count). The molecule has 1 fully saturated rings. The number of pyridine rings is 1. The van der Waals surface area contributed by atoms with Crippen LogP contribution in [0.25, 0.3) is 0 Å². The van der Waals surface area contributed by atoms with Crippen molar-refractivity contribution in [3.8, 4) is 5.88 Å². The van der Waals surface area contributed by atoms with Gasteiger partial charge in [-0.05, 0) is 56.1 Å². The summed E-state index contributed by atoms with van der Waals surface area (Å²) >= 11 is 0. The topological polar surface area (TPSA) is 80.7 Å². The van der Waals surface area contributed by atoms with E-state index >= 15 is 0 Å². The molecule has 1 aromatic heterocycles. The molecule has 0 aromatic carbocycles. The second-order valence-corrected chi connectivity index (χ2v) is 6.20. The molecule has 0 amide bonds. The number of amidine groups is 1. The average Bonchev–Trinajstić information content (AvgIpc) is 2.95. The van der Waals surface area contributed by atoms with Crippen LogP contribution in [0.4, 0.5) is 0 Å². The Labute approximate surface area is 125 Å². The lowest BCUT2D eigenvalue weighted by Gasteiger charge is -2.29. The predicted molar refractivity (Wildman–Crippen MR) is 80.8 cm³/mol.